The standard InChI is InChI=1S/C17H27N3O2S/c1-13(15-6-4-10-22-15)19-17(21)18-12-14(16-7-5-11-23-16)20-8-2-3-9-20/h5,7,11,13-15H,2-4,6,8-10,12H2,1H3,(H2,18,19,21). The summed E-state index contributed by atoms with van der Waals surface area (Å²) in [6.07, 6.45) is 4.79. The summed E-state index contributed by atoms with van der Waals surface area (Å²) in [7, 11) is 0. The van der Waals surface area contributed by atoms with E-state index in [4.69, 9.17) is 4.74 Å². The molecule has 1 aromatic heterocycles. The molecule has 3 atom stereocenters. The molecule has 6 heteroatoms. The molecule has 0 aliphatic carbocycles. The molecule has 0 saturated carbocycles. The third-order valence-electron chi connectivity index (χ3n) is 4.79. The lowest BCUT2D eigenvalue weighted by molar-refractivity contribution is 0.0859. The van der Waals surface area contributed by atoms with Crippen LogP contribution in [0.25, 0.3) is 0 Å². The van der Waals surface area contributed by atoms with Crippen molar-refractivity contribution < 1.29 is 9.53 Å². The summed E-state index contributed by atoms with van der Waals surface area (Å²) >= 11 is 1.77. The molecule has 0 bridgehead atoms. The Hall–Kier alpha value is -1.11. The highest BCUT2D eigenvalue weighted by molar-refractivity contribution is 7.10. The number of thiophene rings is 1. The van der Waals surface area contributed by atoms with E-state index in [0.717, 1.165) is 32.5 Å². The van der Waals surface area contributed by atoms with Gasteiger partial charge in [-0.25, -0.2) is 4.79 Å². The molecule has 5 nitrogen and oxygen atoms in total. The van der Waals surface area contributed by atoms with Crippen LogP contribution >= 0.6 is 11.3 Å². The van der Waals surface area contributed by atoms with Gasteiger partial charge in [-0.2, -0.15) is 0 Å². The van der Waals surface area contributed by atoms with E-state index in [9.17, 15) is 4.79 Å². The fourth-order valence-corrected chi connectivity index (χ4v) is 4.34. The van der Waals surface area contributed by atoms with Crippen molar-refractivity contribution in [1.29, 1.82) is 0 Å². The van der Waals surface area contributed by atoms with Crippen molar-refractivity contribution >= 4 is 17.4 Å². The smallest absolute Gasteiger partial charge is 0.315 e. The summed E-state index contributed by atoms with van der Waals surface area (Å²) in [6, 6.07) is 4.52. The average molecular weight is 337 g/mol. The van der Waals surface area contributed by atoms with E-state index in [-0.39, 0.29) is 18.2 Å². The number of nitrogens with zero attached hydrogens (tertiary/aromatic N) is 1. The van der Waals surface area contributed by atoms with Crippen LogP contribution in [0.15, 0.2) is 17.5 Å². The molecule has 23 heavy (non-hydrogen) atoms. The molecule has 3 heterocycles. The summed E-state index contributed by atoms with van der Waals surface area (Å²) in [5.74, 6) is 0. The topological polar surface area (TPSA) is 53.6 Å². The predicted octanol–water partition coefficient (Wildman–Crippen LogP) is 2.75. The molecule has 2 fully saturated rings. The van der Waals surface area contributed by atoms with Crippen molar-refractivity contribution in [2.24, 2.45) is 0 Å². The molecule has 128 valence electrons. The molecule has 2 aliphatic heterocycles. The Morgan fingerprint density at radius 1 is 1.43 bits per heavy atom. The minimum absolute atomic E-state index is 0.0597. The van der Waals surface area contributed by atoms with Gasteiger partial charge in [0, 0.05) is 18.0 Å². The molecule has 2 aliphatic rings. The molecular weight excluding hydrogens is 310 g/mol. The van der Waals surface area contributed by atoms with Gasteiger partial charge in [0.25, 0.3) is 0 Å². The Morgan fingerprint density at radius 2 is 2.26 bits per heavy atom. The van der Waals surface area contributed by atoms with Crippen molar-refractivity contribution in [3.8, 4) is 0 Å². The van der Waals surface area contributed by atoms with Gasteiger partial charge in [-0.1, -0.05) is 6.07 Å². The van der Waals surface area contributed by atoms with E-state index in [1.165, 1.54) is 17.7 Å². The largest absolute Gasteiger partial charge is 0.376 e. The van der Waals surface area contributed by atoms with E-state index < -0.39 is 0 Å². The lowest BCUT2D eigenvalue weighted by Crippen LogP contribution is -2.47. The molecule has 0 aromatic carbocycles. The molecule has 2 amide bonds. The average Bonchev–Trinajstić information content (AvgIpc) is 3.30. The zero-order valence-corrected chi connectivity index (χ0v) is 14.6. The van der Waals surface area contributed by atoms with Crippen LogP contribution in [0.2, 0.25) is 0 Å². The maximum absolute atomic E-state index is 12.2. The number of likely N-dealkylation sites (tertiary alicyclic amines) is 1. The monoisotopic (exact) mass is 337 g/mol. The fraction of sp³-hybridized carbons (Fsp3) is 0.706. The van der Waals surface area contributed by atoms with E-state index in [2.05, 4.69) is 33.0 Å². The highest BCUT2D eigenvalue weighted by Gasteiger charge is 2.26. The van der Waals surface area contributed by atoms with Crippen molar-refractivity contribution in [1.82, 2.24) is 15.5 Å². The molecule has 2 saturated heterocycles. The van der Waals surface area contributed by atoms with Crippen LogP contribution in [0.5, 0.6) is 0 Å². The van der Waals surface area contributed by atoms with Crippen LogP contribution < -0.4 is 10.6 Å². The van der Waals surface area contributed by atoms with Crippen molar-refractivity contribution in [3.05, 3.63) is 22.4 Å². The van der Waals surface area contributed by atoms with Crippen LogP contribution in [-0.2, 0) is 4.74 Å². The fourth-order valence-electron chi connectivity index (χ4n) is 3.48. The molecular formula is C17H27N3O2S. The van der Waals surface area contributed by atoms with Gasteiger partial charge in [-0.05, 0) is 57.1 Å². The molecule has 3 rings (SSSR count). The third-order valence-corrected chi connectivity index (χ3v) is 5.76. The highest BCUT2D eigenvalue weighted by atomic mass is 32.1. The second kappa shape index (κ2) is 8.13. The number of amides is 2. The van der Waals surface area contributed by atoms with Gasteiger partial charge in [-0.3, -0.25) is 4.90 Å². The quantitative estimate of drug-likeness (QED) is 0.839. The number of nitrogens with one attached hydrogen (secondary N) is 2. The van der Waals surface area contributed by atoms with Gasteiger partial charge in [0.1, 0.15) is 0 Å². The second-order valence-electron chi connectivity index (χ2n) is 6.47. The lowest BCUT2D eigenvalue weighted by atomic mass is 10.1. The first-order chi connectivity index (χ1) is 11.2. The summed E-state index contributed by atoms with van der Waals surface area (Å²) < 4.78 is 5.63. The molecule has 3 unspecified atom stereocenters. The van der Waals surface area contributed by atoms with Gasteiger partial charge < -0.3 is 15.4 Å². The minimum atomic E-state index is -0.0891. The summed E-state index contributed by atoms with van der Waals surface area (Å²) in [5, 5.41) is 8.19. The van der Waals surface area contributed by atoms with Gasteiger partial charge in [0.05, 0.1) is 18.2 Å². The number of rotatable bonds is 6. The SMILES string of the molecule is CC(NC(=O)NCC(c1cccs1)N1CCCC1)C1CCCO1. The van der Waals surface area contributed by atoms with Crippen LogP contribution in [0.1, 0.15) is 43.5 Å². The van der Waals surface area contributed by atoms with Crippen molar-refractivity contribution in [2.45, 2.75) is 50.8 Å². The Balaban J connectivity index is 1.50. The number of ether oxygens (including phenoxy) is 1. The van der Waals surface area contributed by atoms with Crippen molar-refractivity contribution in [2.75, 3.05) is 26.2 Å². The number of carbonyl (C=O) groups excluding carboxylic acids is 1. The van der Waals surface area contributed by atoms with Gasteiger partial charge in [0.15, 0.2) is 0 Å². The van der Waals surface area contributed by atoms with Gasteiger partial charge >= 0.3 is 6.03 Å². The second-order valence-corrected chi connectivity index (χ2v) is 7.45. The van der Waals surface area contributed by atoms with E-state index >= 15 is 0 Å². The molecule has 2 N–H and O–H groups in total. The van der Waals surface area contributed by atoms with Gasteiger partial charge in [-0.15, -0.1) is 11.3 Å². The number of carbonyl (C=O) groups is 1. The molecule has 1 aromatic rings. The minimum Gasteiger partial charge on any atom is -0.376 e. The highest BCUT2D eigenvalue weighted by Crippen LogP contribution is 2.27. The lowest BCUT2D eigenvalue weighted by Gasteiger charge is -2.27. The van der Waals surface area contributed by atoms with E-state index in [1.807, 2.05) is 6.92 Å². The van der Waals surface area contributed by atoms with Crippen molar-refractivity contribution in [3.63, 3.8) is 0 Å². The normalized spacial score (nSPS) is 24.5. The number of hydrogen-bond donors (Lipinski definition) is 2. The van der Waals surface area contributed by atoms with E-state index in [1.54, 1.807) is 11.3 Å². The maximum Gasteiger partial charge on any atom is 0.315 e. The van der Waals surface area contributed by atoms with Crippen LogP contribution in [0, 0.1) is 0 Å². The first-order valence-corrected chi connectivity index (χ1v) is 9.55. The first kappa shape index (κ1) is 16.7. The third kappa shape index (κ3) is 4.46. The first-order valence-electron chi connectivity index (χ1n) is 8.67. The summed E-state index contributed by atoms with van der Waals surface area (Å²) in [5.41, 5.74) is 0. The Labute approximate surface area is 142 Å². The van der Waals surface area contributed by atoms with Crippen LogP contribution in [0.4, 0.5) is 4.79 Å². The zero-order valence-electron chi connectivity index (χ0n) is 13.8. The van der Waals surface area contributed by atoms with Crippen LogP contribution in [-0.4, -0.2) is 49.3 Å². The zero-order chi connectivity index (χ0) is 16.1. The molecule has 0 radical (unpaired) electrons. The summed E-state index contributed by atoms with van der Waals surface area (Å²) in [4.78, 5) is 16.0. The Morgan fingerprint density at radius 3 is 2.91 bits per heavy atom. The predicted molar refractivity (Wildman–Crippen MR) is 92.8 cm³/mol. The van der Waals surface area contributed by atoms with Gasteiger partial charge in [0.2, 0.25) is 0 Å². The number of urea groups is 1. The molecule has 0 spiro atoms. The summed E-state index contributed by atoms with van der Waals surface area (Å²) in [6.45, 7) is 5.74. The Bertz CT molecular complexity index is 482. The van der Waals surface area contributed by atoms with Crippen LogP contribution in [0.3, 0.4) is 0 Å². The number of hydrogen-bond acceptors (Lipinski definition) is 4. The maximum atomic E-state index is 12.2. The van der Waals surface area contributed by atoms with E-state index in [0.29, 0.717) is 12.6 Å². The Kier molecular flexibility index (Phi) is 5.91.